The van der Waals surface area contributed by atoms with Crippen LogP contribution in [0.4, 0.5) is 0 Å². The van der Waals surface area contributed by atoms with E-state index in [1.807, 2.05) is 65.0 Å². The molecule has 0 spiro atoms. The predicted octanol–water partition coefficient (Wildman–Crippen LogP) is 4.40. The Labute approximate surface area is 220 Å². The molecule has 3 atom stereocenters. The first-order valence-corrected chi connectivity index (χ1v) is 12.8. The second-order valence-electron chi connectivity index (χ2n) is 11.9. The Hall–Kier alpha value is -3.00. The first kappa shape index (κ1) is 30.2. The molecule has 2 aromatic rings. The zero-order valence-corrected chi connectivity index (χ0v) is 23.7. The van der Waals surface area contributed by atoms with Gasteiger partial charge < -0.3 is 20.1 Å². The number of benzene rings is 1. The minimum Gasteiger partial charge on any atom is -0.458 e. The van der Waals surface area contributed by atoms with Crippen LogP contribution in [0.5, 0.6) is 0 Å². The zero-order chi connectivity index (χ0) is 28.0. The van der Waals surface area contributed by atoms with E-state index in [4.69, 9.17) is 9.47 Å². The van der Waals surface area contributed by atoms with Gasteiger partial charge in [0.1, 0.15) is 11.6 Å². The van der Waals surface area contributed by atoms with Crippen molar-refractivity contribution in [2.45, 2.75) is 86.2 Å². The lowest BCUT2D eigenvalue weighted by molar-refractivity contribution is -0.176. The summed E-state index contributed by atoms with van der Waals surface area (Å²) in [6.45, 7) is 15.0. The van der Waals surface area contributed by atoms with Crippen LogP contribution in [0, 0.1) is 17.3 Å². The number of carbonyl (C=O) groups excluding carboxylic acids is 3. The average molecular weight is 514 g/mol. The van der Waals surface area contributed by atoms with Gasteiger partial charge in [0.25, 0.3) is 0 Å². The second kappa shape index (κ2) is 12.5. The maximum absolute atomic E-state index is 13.7. The standard InChI is InChI=1S/C29H43N3O5/c1-18(2)16-21(25(33)32-24(26(34)30-9)28(3,4)5)23(27(35)37-29(6,7)8)36-17-20-13-10-12-19-14-11-15-31-22(19)20/h10-15,18,21,23-24H,16-17H2,1-9H3,(H,30,34)(H,32,33)/t21-,23+,24-/m1/s1. The summed E-state index contributed by atoms with van der Waals surface area (Å²) in [6.07, 6.45) is 0.900. The smallest absolute Gasteiger partial charge is 0.336 e. The molecule has 1 heterocycles. The Morgan fingerprint density at radius 1 is 0.973 bits per heavy atom. The normalized spacial score (nSPS) is 14.6. The van der Waals surface area contributed by atoms with Crippen LogP contribution in [0.3, 0.4) is 0 Å². The molecule has 204 valence electrons. The number of para-hydroxylation sites is 1. The number of aromatic nitrogens is 1. The Kier molecular flexibility index (Phi) is 10.2. The largest absolute Gasteiger partial charge is 0.458 e. The molecule has 8 nitrogen and oxygen atoms in total. The summed E-state index contributed by atoms with van der Waals surface area (Å²) in [6, 6.07) is 8.77. The molecule has 0 aliphatic heterocycles. The third-order valence-corrected chi connectivity index (χ3v) is 5.86. The molecule has 2 amide bonds. The number of carbonyl (C=O) groups is 3. The molecule has 37 heavy (non-hydrogen) atoms. The molecule has 1 aromatic heterocycles. The van der Waals surface area contributed by atoms with E-state index >= 15 is 0 Å². The molecule has 0 radical (unpaired) electrons. The molecular formula is C29H43N3O5. The lowest BCUT2D eigenvalue weighted by Crippen LogP contribution is -2.56. The van der Waals surface area contributed by atoms with E-state index in [1.165, 1.54) is 7.05 Å². The van der Waals surface area contributed by atoms with Crippen molar-refractivity contribution in [3.63, 3.8) is 0 Å². The summed E-state index contributed by atoms with van der Waals surface area (Å²) < 4.78 is 11.9. The number of nitrogens with zero attached hydrogens (tertiary/aromatic N) is 1. The highest BCUT2D eigenvalue weighted by Gasteiger charge is 2.41. The van der Waals surface area contributed by atoms with Crippen LogP contribution in [0.2, 0.25) is 0 Å². The SMILES string of the molecule is CNC(=O)[C@@H](NC(=O)[C@H](CC(C)C)[C@H](OCc1cccc2cccnc12)C(=O)OC(C)(C)C)C(C)(C)C. The Morgan fingerprint density at radius 3 is 2.19 bits per heavy atom. The molecule has 0 saturated heterocycles. The minimum absolute atomic E-state index is 0.0677. The molecule has 1 aromatic carbocycles. The number of hydrogen-bond donors (Lipinski definition) is 2. The number of esters is 1. The molecular weight excluding hydrogens is 470 g/mol. The van der Waals surface area contributed by atoms with E-state index in [2.05, 4.69) is 15.6 Å². The molecule has 2 rings (SSSR count). The van der Waals surface area contributed by atoms with Crippen molar-refractivity contribution in [2.24, 2.45) is 17.3 Å². The van der Waals surface area contributed by atoms with Crippen LogP contribution in [-0.4, -0.2) is 47.6 Å². The maximum Gasteiger partial charge on any atom is 0.336 e. The summed E-state index contributed by atoms with van der Waals surface area (Å²) in [5.74, 6) is -2.14. The molecule has 0 fully saturated rings. The summed E-state index contributed by atoms with van der Waals surface area (Å²) >= 11 is 0. The van der Waals surface area contributed by atoms with Crippen molar-refractivity contribution in [3.05, 3.63) is 42.1 Å². The van der Waals surface area contributed by atoms with Crippen LogP contribution in [-0.2, 0) is 30.5 Å². The van der Waals surface area contributed by atoms with Crippen molar-refractivity contribution >= 4 is 28.7 Å². The van der Waals surface area contributed by atoms with Crippen molar-refractivity contribution in [1.82, 2.24) is 15.6 Å². The number of likely N-dealkylation sites (N-methyl/N-ethyl adjacent to an activating group) is 1. The van der Waals surface area contributed by atoms with Gasteiger partial charge >= 0.3 is 5.97 Å². The quantitative estimate of drug-likeness (QED) is 0.456. The van der Waals surface area contributed by atoms with Gasteiger partial charge in [-0.25, -0.2) is 4.79 Å². The Bertz CT molecular complexity index is 1080. The van der Waals surface area contributed by atoms with Crippen LogP contribution < -0.4 is 10.6 Å². The highest BCUT2D eigenvalue weighted by molar-refractivity contribution is 5.92. The summed E-state index contributed by atoms with van der Waals surface area (Å²) in [5, 5.41) is 6.46. The van der Waals surface area contributed by atoms with E-state index in [9.17, 15) is 14.4 Å². The van der Waals surface area contributed by atoms with Crippen molar-refractivity contribution in [2.75, 3.05) is 7.05 Å². The van der Waals surface area contributed by atoms with Crippen LogP contribution in [0.1, 0.15) is 67.4 Å². The van der Waals surface area contributed by atoms with E-state index in [0.29, 0.717) is 6.42 Å². The second-order valence-corrected chi connectivity index (χ2v) is 11.9. The predicted molar refractivity (Wildman–Crippen MR) is 145 cm³/mol. The fourth-order valence-corrected chi connectivity index (χ4v) is 4.12. The summed E-state index contributed by atoms with van der Waals surface area (Å²) in [7, 11) is 1.53. The summed E-state index contributed by atoms with van der Waals surface area (Å²) in [5.41, 5.74) is 0.252. The van der Waals surface area contributed by atoms with Gasteiger partial charge in [-0.15, -0.1) is 0 Å². The van der Waals surface area contributed by atoms with Gasteiger partial charge in [-0.2, -0.15) is 0 Å². The third-order valence-electron chi connectivity index (χ3n) is 5.86. The van der Waals surface area contributed by atoms with Crippen molar-refractivity contribution < 1.29 is 23.9 Å². The topological polar surface area (TPSA) is 107 Å². The molecule has 2 N–H and O–H groups in total. The van der Waals surface area contributed by atoms with Gasteiger partial charge in [0.15, 0.2) is 6.10 Å². The maximum atomic E-state index is 13.7. The number of rotatable bonds is 10. The van der Waals surface area contributed by atoms with Crippen LogP contribution >= 0.6 is 0 Å². The van der Waals surface area contributed by atoms with Crippen molar-refractivity contribution in [1.29, 1.82) is 0 Å². The number of fused-ring (bicyclic) bond motifs is 1. The van der Waals surface area contributed by atoms with E-state index in [0.717, 1.165) is 16.5 Å². The number of amides is 2. The fourth-order valence-electron chi connectivity index (χ4n) is 4.12. The van der Waals surface area contributed by atoms with E-state index < -0.39 is 41.0 Å². The highest BCUT2D eigenvalue weighted by Crippen LogP contribution is 2.26. The average Bonchev–Trinajstić information content (AvgIpc) is 2.79. The molecule has 0 aliphatic carbocycles. The van der Waals surface area contributed by atoms with Gasteiger partial charge in [0.2, 0.25) is 11.8 Å². The van der Waals surface area contributed by atoms with Gasteiger partial charge in [-0.1, -0.05) is 58.9 Å². The Morgan fingerprint density at radius 2 is 1.62 bits per heavy atom. The molecule has 8 heteroatoms. The lowest BCUT2D eigenvalue weighted by Gasteiger charge is -2.34. The molecule has 0 unspecified atom stereocenters. The zero-order valence-electron chi connectivity index (χ0n) is 23.7. The molecule has 0 saturated carbocycles. The van der Waals surface area contributed by atoms with Crippen molar-refractivity contribution in [3.8, 4) is 0 Å². The van der Waals surface area contributed by atoms with Gasteiger partial charge in [-0.05, 0) is 44.6 Å². The third kappa shape index (κ3) is 8.81. The van der Waals surface area contributed by atoms with Crippen LogP contribution in [0.15, 0.2) is 36.5 Å². The van der Waals surface area contributed by atoms with Crippen LogP contribution in [0.25, 0.3) is 10.9 Å². The Balaban J connectivity index is 2.44. The van der Waals surface area contributed by atoms with Gasteiger partial charge in [-0.3, -0.25) is 14.6 Å². The number of nitrogens with one attached hydrogen (secondary N) is 2. The number of pyridine rings is 1. The minimum atomic E-state index is -1.18. The summed E-state index contributed by atoms with van der Waals surface area (Å²) in [4.78, 5) is 44.2. The van der Waals surface area contributed by atoms with Gasteiger partial charge in [0.05, 0.1) is 18.0 Å². The molecule has 0 aliphatic rings. The number of ether oxygens (including phenoxy) is 2. The van der Waals surface area contributed by atoms with E-state index in [-0.39, 0.29) is 18.4 Å². The van der Waals surface area contributed by atoms with E-state index in [1.54, 1.807) is 27.0 Å². The fraction of sp³-hybridized carbons (Fsp3) is 0.586. The lowest BCUT2D eigenvalue weighted by atomic mass is 9.84. The molecule has 0 bridgehead atoms. The van der Waals surface area contributed by atoms with Gasteiger partial charge in [0, 0.05) is 24.2 Å². The first-order chi connectivity index (χ1) is 17.1. The highest BCUT2D eigenvalue weighted by atomic mass is 16.6. The monoisotopic (exact) mass is 513 g/mol. The number of hydrogen-bond acceptors (Lipinski definition) is 6. The first-order valence-electron chi connectivity index (χ1n) is 12.8.